The summed E-state index contributed by atoms with van der Waals surface area (Å²) in [5.41, 5.74) is 0.999. The van der Waals surface area contributed by atoms with Gasteiger partial charge in [-0.25, -0.2) is 0 Å². The first kappa shape index (κ1) is 17.7. The standard InChI is InChI=1S/C18H25ClN2O3/c19-14-3-1-2-13(10-14)11-16(22)12-20-17-4-7-21(18(17)23)15-5-8-24-9-6-15/h1-3,10,15-17,20,22H,4-9,11-12H2. The van der Waals surface area contributed by atoms with Crippen molar-refractivity contribution in [2.75, 3.05) is 26.3 Å². The van der Waals surface area contributed by atoms with Gasteiger partial charge >= 0.3 is 0 Å². The van der Waals surface area contributed by atoms with E-state index in [1.165, 1.54) is 0 Å². The Labute approximate surface area is 147 Å². The highest BCUT2D eigenvalue weighted by molar-refractivity contribution is 6.30. The number of carbonyl (C=O) groups excluding carboxylic acids is 1. The fourth-order valence-corrected chi connectivity index (χ4v) is 3.75. The Kier molecular flexibility index (Phi) is 6.11. The highest BCUT2D eigenvalue weighted by atomic mass is 35.5. The number of aliphatic hydroxyl groups is 1. The second kappa shape index (κ2) is 8.30. The molecule has 0 spiro atoms. The summed E-state index contributed by atoms with van der Waals surface area (Å²) in [6.45, 7) is 2.69. The molecule has 0 saturated carbocycles. The number of hydrogen-bond acceptors (Lipinski definition) is 4. The minimum absolute atomic E-state index is 0.164. The second-order valence-electron chi connectivity index (χ2n) is 6.61. The zero-order valence-corrected chi connectivity index (χ0v) is 14.5. The molecule has 2 saturated heterocycles. The molecule has 5 nitrogen and oxygen atoms in total. The van der Waals surface area contributed by atoms with Crippen LogP contribution in [0.25, 0.3) is 0 Å². The lowest BCUT2D eigenvalue weighted by atomic mass is 10.1. The number of amides is 1. The molecule has 2 N–H and O–H groups in total. The zero-order valence-electron chi connectivity index (χ0n) is 13.8. The summed E-state index contributed by atoms with van der Waals surface area (Å²) >= 11 is 5.96. The lowest BCUT2D eigenvalue weighted by molar-refractivity contribution is -0.133. The number of rotatable bonds is 6. The molecule has 2 fully saturated rings. The average Bonchev–Trinajstić information content (AvgIpc) is 2.94. The third-order valence-electron chi connectivity index (χ3n) is 4.83. The van der Waals surface area contributed by atoms with E-state index in [4.69, 9.17) is 16.3 Å². The van der Waals surface area contributed by atoms with Gasteiger partial charge in [0, 0.05) is 37.4 Å². The molecule has 2 aliphatic heterocycles. The van der Waals surface area contributed by atoms with Gasteiger partial charge in [0.15, 0.2) is 0 Å². The van der Waals surface area contributed by atoms with Gasteiger partial charge in [-0.3, -0.25) is 4.79 Å². The van der Waals surface area contributed by atoms with Crippen LogP contribution in [0.3, 0.4) is 0 Å². The Morgan fingerprint density at radius 2 is 2.12 bits per heavy atom. The van der Waals surface area contributed by atoms with E-state index in [0.29, 0.717) is 24.0 Å². The van der Waals surface area contributed by atoms with Crippen molar-refractivity contribution in [2.24, 2.45) is 0 Å². The number of nitrogens with zero attached hydrogens (tertiary/aromatic N) is 1. The highest BCUT2D eigenvalue weighted by Crippen LogP contribution is 2.21. The molecular weight excluding hydrogens is 328 g/mol. The molecule has 24 heavy (non-hydrogen) atoms. The molecule has 0 radical (unpaired) electrons. The number of aliphatic hydroxyl groups excluding tert-OH is 1. The molecule has 0 aromatic heterocycles. The minimum atomic E-state index is -0.534. The molecule has 2 aliphatic rings. The summed E-state index contributed by atoms with van der Waals surface area (Å²) in [4.78, 5) is 14.5. The summed E-state index contributed by atoms with van der Waals surface area (Å²) in [6, 6.07) is 7.64. The van der Waals surface area contributed by atoms with Crippen LogP contribution in [0.5, 0.6) is 0 Å². The van der Waals surface area contributed by atoms with Crippen LogP contribution in [-0.2, 0) is 16.0 Å². The maximum Gasteiger partial charge on any atom is 0.240 e. The van der Waals surface area contributed by atoms with Gasteiger partial charge in [-0.2, -0.15) is 0 Å². The van der Waals surface area contributed by atoms with Crippen molar-refractivity contribution in [2.45, 2.75) is 43.9 Å². The smallest absolute Gasteiger partial charge is 0.240 e. The SMILES string of the molecule is O=C1C(NCC(O)Cc2cccc(Cl)c2)CCN1C1CCOCC1. The van der Waals surface area contributed by atoms with E-state index in [9.17, 15) is 9.90 Å². The summed E-state index contributed by atoms with van der Waals surface area (Å²) in [7, 11) is 0. The molecule has 2 atom stereocenters. The molecule has 0 bridgehead atoms. The Morgan fingerprint density at radius 3 is 2.88 bits per heavy atom. The van der Waals surface area contributed by atoms with Gasteiger partial charge in [-0.15, -0.1) is 0 Å². The minimum Gasteiger partial charge on any atom is -0.391 e. The quantitative estimate of drug-likeness (QED) is 0.816. The first-order chi connectivity index (χ1) is 11.6. The van der Waals surface area contributed by atoms with Gasteiger partial charge in [0.1, 0.15) is 0 Å². The van der Waals surface area contributed by atoms with Crippen molar-refractivity contribution in [3.05, 3.63) is 34.9 Å². The van der Waals surface area contributed by atoms with E-state index in [2.05, 4.69) is 5.32 Å². The molecule has 1 aromatic carbocycles. The number of benzene rings is 1. The van der Waals surface area contributed by atoms with Gasteiger partial charge in [0.05, 0.1) is 12.1 Å². The fraction of sp³-hybridized carbons (Fsp3) is 0.611. The summed E-state index contributed by atoms with van der Waals surface area (Å²) in [5.74, 6) is 0.164. The Morgan fingerprint density at radius 1 is 1.33 bits per heavy atom. The van der Waals surface area contributed by atoms with Crippen LogP contribution in [0.15, 0.2) is 24.3 Å². The van der Waals surface area contributed by atoms with Gasteiger partial charge < -0.3 is 20.1 Å². The second-order valence-corrected chi connectivity index (χ2v) is 7.05. The fourth-order valence-electron chi connectivity index (χ4n) is 3.54. The molecule has 2 unspecified atom stereocenters. The molecule has 6 heteroatoms. The van der Waals surface area contributed by atoms with Gasteiger partial charge in [0.25, 0.3) is 0 Å². The topological polar surface area (TPSA) is 61.8 Å². The number of carbonyl (C=O) groups is 1. The predicted octanol–water partition coefficient (Wildman–Crippen LogP) is 1.61. The third-order valence-corrected chi connectivity index (χ3v) is 5.07. The maximum atomic E-state index is 12.5. The van der Waals surface area contributed by atoms with Crippen molar-refractivity contribution >= 4 is 17.5 Å². The normalized spacial score (nSPS) is 23.7. The molecular formula is C18H25ClN2O3. The Hall–Kier alpha value is -1.14. The van der Waals surface area contributed by atoms with Crippen molar-refractivity contribution in [1.29, 1.82) is 0 Å². The maximum absolute atomic E-state index is 12.5. The van der Waals surface area contributed by atoms with E-state index in [1.807, 2.05) is 29.2 Å². The summed E-state index contributed by atoms with van der Waals surface area (Å²) in [6.07, 6.45) is 2.65. The van der Waals surface area contributed by atoms with Crippen molar-refractivity contribution in [1.82, 2.24) is 10.2 Å². The van der Waals surface area contributed by atoms with Crippen LogP contribution in [0, 0.1) is 0 Å². The third kappa shape index (κ3) is 4.48. The van der Waals surface area contributed by atoms with Crippen molar-refractivity contribution in [3.63, 3.8) is 0 Å². The van der Waals surface area contributed by atoms with E-state index in [-0.39, 0.29) is 11.9 Å². The number of ether oxygens (including phenoxy) is 1. The van der Waals surface area contributed by atoms with Crippen LogP contribution in [0.4, 0.5) is 0 Å². The summed E-state index contributed by atoms with van der Waals surface area (Å²) < 4.78 is 5.37. The zero-order chi connectivity index (χ0) is 16.9. The molecule has 132 valence electrons. The highest BCUT2D eigenvalue weighted by Gasteiger charge is 2.36. The lowest BCUT2D eigenvalue weighted by Gasteiger charge is -2.31. The van der Waals surface area contributed by atoms with E-state index in [1.54, 1.807) is 0 Å². The monoisotopic (exact) mass is 352 g/mol. The predicted molar refractivity (Wildman–Crippen MR) is 93.1 cm³/mol. The molecule has 3 rings (SSSR count). The average molecular weight is 353 g/mol. The van der Waals surface area contributed by atoms with Crippen LogP contribution in [0.1, 0.15) is 24.8 Å². The number of nitrogens with one attached hydrogen (secondary N) is 1. The van der Waals surface area contributed by atoms with Crippen LogP contribution in [-0.4, -0.2) is 60.4 Å². The van der Waals surface area contributed by atoms with Gasteiger partial charge in [0.2, 0.25) is 5.91 Å². The number of likely N-dealkylation sites (tertiary alicyclic amines) is 1. The Bertz CT molecular complexity index is 563. The lowest BCUT2D eigenvalue weighted by Crippen LogP contribution is -2.46. The first-order valence-electron chi connectivity index (χ1n) is 8.67. The first-order valence-corrected chi connectivity index (χ1v) is 9.05. The number of halogens is 1. The van der Waals surface area contributed by atoms with Crippen molar-refractivity contribution in [3.8, 4) is 0 Å². The Balaban J connectivity index is 1.45. The van der Waals surface area contributed by atoms with E-state index >= 15 is 0 Å². The van der Waals surface area contributed by atoms with Crippen LogP contribution >= 0.6 is 11.6 Å². The van der Waals surface area contributed by atoms with Crippen molar-refractivity contribution < 1.29 is 14.6 Å². The van der Waals surface area contributed by atoms with Gasteiger partial charge in [-0.05, 0) is 43.4 Å². The number of hydrogen-bond donors (Lipinski definition) is 2. The molecule has 2 heterocycles. The largest absolute Gasteiger partial charge is 0.391 e. The molecule has 1 aromatic rings. The molecule has 0 aliphatic carbocycles. The molecule has 1 amide bonds. The van der Waals surface area contributed by atoms with E-state index in [0.717, 1.165) is 44.6 Å². The van der Waals surface area contributed by atoms with Crippen LogP contribution < -0.4 is 5.32 Å². The van der Waals surface area contributed by atoms with E-state index < -0.39 is 6.10 Å². The van der Waals surface area contributed by atoms with Crippen LogP contribution in [0.2, 0.25) is 5.02 Å². The van der Waals surface area contributed by atoms with Gasteiger partial charge in [-0.1, -0.05) is 23.7 Å². The summed E-state index contributed by atoms with van der Waals surface area (Å²) in [5, 5.41) is 14.1.